The van der Waals surface area contributed by atoms with Gasteiger partial charge in [-0.1, -0.05) is 48.5 Å². The Hall–Kier alpha value is -4.14. The van der Waals surface area contributed by atoms with E-state index in [1.54, 1.807) is 6.20 Å². The van der Waals surface area contributed by atoms with E-state index >= 15 is 0 Å². The lowest BCUT2D eigenvalue weighted by molar-refractivity contribution is -0.142. The molecule has 2 aromatic carbocycles. The van der Waals surface area contributed by atoms with E-state index in [0.717, 1.165) is 35.1 Å². The summed E-state index contributed by atoms with van der Waals surface area (Å²) in [6.07, 6.45) is 3.90. The first-order valence-electron chi connectivity index (χ1n) is 11.6. The summed E-state index contributed by atoms with van der Waals surface area (Å²) < 4.78 is 5.58. The summed E-state index contributed by atoms with van der Waals surface area (Å²) in [5.41, 5.74) is 5.04. The molecule has 9 nitrogen and oxygen atoms in total. The van der Waals surface area contributed by atoms with Crippen LogP contribution in [0.5, 0.6) is 0 Å². The van der Waals surface area contributed by atoms with Gasteiger partial charge in [0.2, 0.25) is 5.91 Å². The maximum atomic E-state index is 13.0. The Balaban J connectivity index is 1.27. The van der Waals surface area contributed by atoms with E-state index in [-0.39, 0.29) is 24.9 Å². The second-order valence-corrected chi connectivity index (χ2v) is 8.97. The first kappa shape index (κ1) is 22.6. The molecule has 0 saturated heterocycles. The molecule has 2 amide bonds. The van der Waals surface area contributed by atoms with Gasteiger partial charge in [-0.3, -0.25) is 4.79 Å². The molecule has 1 heterocycles. The van der Waals surface area contributed by atoms with Gasteiger partial charge in [0, 0.05) is 24.2 Å². The van der Waals surface area contributed by atoms with Crippen LogP contribution in [0.1, 0.15) is 35.6 Å². The molecule has 1 fully saturated rings. The van der Waals surface area contributed by atoms with Crippen molar-refractivity contribution >= 4 is 18.0 Å². The Morgan fingerprint density at radius 3 is 2.26 bits per heavy atom. The number of carbonyl (C=O) groups is 3. The Labute approximate surface area is 201 Å². The fourth-order valence-corrected chi connectivity index (χ4v) is 4.67. The third-order valence-corrected chi connectivity index (χ3v) is 6.59. The molecule has 9 heteroatoms. The van der Waals surface area contributed by atoms with E-state index in [1.807, 2.05) is 36.4 Å². The van der Waals surface area contributed by atoms with Crippen molar-refractivity contribution in [3.05, 3.63) is 77.9 Å². The van der Waals surface area contributed by atoms with Gasteiger partial charge in [-0.15, -0.1) is 0 Å². The molecular weight excluding hydrogens is 448 g/mol. The molecule has 2 unspecified atom stereocenters. The minimum atomic E-state index is -1.08. The van der Waals surface area contributed by atoms with Crippen molar-refractivity contribution in [3.63, 3.8) is 0 Å². The third kappa shape index (κ3) is 4.89. The standard InChI is InChI=1S/C26H26N4O5/c31-24(30-23(25(32)33)15-9-10-15)22(11-16-12-27-14-28-16)29-26(34)35-13-21-19-7-3-1-5-17(19)18-6-2-4-8-20(18)21/h1-8,12,14-15,21-23H,9-11,13H2,(H,27,28)(H,29,34)(H,30,31)(H,32,33). The minimum Gasteiger partial charge on any atom is -0.480 e. The number of fused-ring (bicyclic) bond motifs is 3. The van der Waals surface area contributed by atoms with Crippen LogP contribution in [0.3, 0.4) is 0 Å². The predicted octanol–water partition coefficient (Wildman–Crippen LogP) is 2.84. The number of nitrogens with one attached hydrogen (secondary N) is 3. The maximum absolute atomic E-state index is 13.0. The van der Waals surface area contributed by atoms with E-state index in [9.17, 15) is 19.5 Å². The molecule has 2 atom stereocenters. The first-order valence-corrected chi connectivity index (χ1v) is 11.6. The lowest BCUT2D eigenvalue weighted by Crippen LogP contribution is -2.53. The van der Waals surface area contributed by atoms with Crippen molar-refractivity contribution in [1.29, 1.82) is 0 Å². The molecule has 0 radical (unpaired) electrons. The molecule has 0 spiro atoms. The molecule has 0 aliphatic heterocycles. The van der Waals surface area contributed by atoms with Crippen LogP contribution in [0.25, 0.3) is 11.1 Å². The van der Waals surface area contributed by atoms with Gasteiger partial charge in [-0.2, -0.15) is 0 Å². The Morgan fingerprint density at radius 1 is 1.03 bits per heavy atom. The van der Waals surface area contributed by atoms with Crippen LogP contribution in [0.15, 0.2) is 61.1 Å². The highest BCUT2D eigenvalue weighted by molar-refractivity contribution is 5.89. The molecule has 2 aliphatic carbocycles. The number of H-pyrrole nitrogens is 1. The van der Waals surface area contributed by atoms with E-state index in [2.05, 4.69) is 32.7 Å². The predicted molar refractivity (Wildman–Crippen MR) is 127 cm³/mol. The van der Waals surface area contributed by atoms with Crippen LogP contribution in [-0.2, 0) is 20.7 Å². The van der Waals surface area contributed by atoms with Gasteiger partial charge in [-0.25, -0.2) is 14.6 Å². The summed E-state index contributed by atoms with van der Waals surface area (Å²) in [7, 11) is 0. The number of aliphatic carboxylic acids is 1. The molecular formula is C26H26N4O5. The number of ether oxygens (including phenoxy) is 1. The Bertz CT molecular complexity index is 1190. The van der Waals surface area contributed by atoms with Crippen LogP contribution in [0, 0.1) is 5.92 Å². The minimum absolute atomic E-state index is 0.0845. The number of carbonyl (C=O) groups excluding carboxylic acids is 2. The van der Waals surface area contributed by atoms with Gasteiger partial charge in [-0.05, 0) is 41.0 Å². The van der Waals surface area contributed by atoms with Crippen molar-refractivity contribution in [1.82, 2.24) is 20.6 Å². The largest absolute Gasteiger partial charge is 0.480 e. The average molecular weight is 475 g/mol. The first-order chi connectivity index (χ1) is 17.0. The van der Waals surface area contributed by atoms with E-state index in [4.69, 9.17) is 4.74 Å². The molecule has 0 bridgehead atoms. The fourth-order valence-electron chi connectivity index (χ4n) is 4.67. The van der Waals surface area contributed by atoms with Gasteiger partial charge < -0.3 is 25.5 Å². The highest BCUT2D eigenvalue weighted by Gasteiger charge is 2.39. The SMILES string of the molecule is O=C(NC(Cc1cnc[nH]1)C(=O)NC(C(=O)O)C1CC1)OCC1c2ccccc2-c2ccccc21. The van der Waals surface area contributed by atoms with Crippen LogP contribution in [0.4, 0.5) is 4.79 Å². The van der Waals surface area contributed by atoms with Gasteiger partial charge in [0.1, 0.15) is 18.7 Å². The number of nitrogens with zero attached hydrogens (tertiary/aromatic N) is 1. The number of carboxylic acid groups (broad SMARTS) is 1. The molecule has 4 N–H and O–H groups in total. The second kappa shape index (κ2) is 9.61. The number of carboxylic acids is 1. The van der Waals surface area contributed by atoms with Crippen molar-refractivity contribution < 1.29 is 24.2 Å². The lowest BCUT2D eigenvalue weighted by atomic mass is 9.98. The zero-order valence-corrected chi connectivity index (χ0v) is 18.9. The zero-order chi connectivity index (χ0) is 24.4. The molecule has 180 valence electrons. The number of hydrogen-bond donors (Lipinski definition) is 4. The van der Waals surface area contributed by atoms with Crippen molar-refractivity contribution in [3.8, 4) is 11.1 Å². The number of alkyl carbamates (subject to hydrolysis) is 1. The molecule has 3 aromatic rings. The fraction of sp³-hybridized carbons (Fsp3) is 0.308. The number of rotatable bonds is 9. The van der Waals surface area contributed by atoms with Crippen molar-refractivity contribution in [2.75, 3.05) is 6.61 Å². The summed E-state index contributed by atoms with van der Waals surface area (Å²) >= 11 is 0. The van der Waals surface area contributed by atoms with Crippen LogP contribution in [-0.4, -0.2) is 51.7 Å². The summed E-state index contributed by atoms with van der Waals surface area (Å²) in [4.78, 5) is 44.2. The molecule has 1 aromatic heterocycles. The zero-order valence-electron chi connectivity index (χ0n) is 18.9. The number of aromatic amines is 1. The van der Waals surface area contributed by atoms with Crippen LogP contribution < -0.4 is 10.6 Å². The Kier molecular flexibility index (Phi) is 6.22. The number of benzene rings is 2. The Morgan fingerprint density at radius 2 is 1.69 bits per heavy atom. The van der Waals surface area contributed by atoms with Gasteiger partial charge >= 0.3 is 12.1 Å². The second-order valence-electron chi connectivity index (χ2n) is 8.97. The van der Waals surface area contributed by atoms with Gasteiger partial charge in [0.25, 0.3) is 0 Å². The van der Waals surface area contributed by atoms with E-state index < -0.39 is 30.1 Å². The van der Waals surface area contributed by atoms with Gasteiger partial charge in [0.15, 0.2) is 0 Å². The molecule has 35 heavy (non-hydrogen) atoms. The quantitative estimate of drug-likeness (QED) is 0.377. The summed E-state index contributed by atoms with van der Waals surface area (Å²) in [5.74, 6) is -1.85. The van der Waals surface area contributed by atoms with Crippen LogP contribution in [0.2, 0.25) is 0 Å². The smallest absolute Gasteiger partial charge is 0.407 e. The van der Waals surface area contributed by atoms with Crippen molar-refractivity contribution in [2.45, 2.75) is 37.3 Å². The third-order valence-electron chi connectivity index (χ3n) is 6.59. The highest BCUT2D eigenvalue weighted by Crippen LogP contribution is 2.44. The normalized spacial score (nSPS) is 16.0. The number of imidazole rings is 1. The molecule has 5 rings (SSSR count). The van der Waals surface area contributed by atoms with Crippen LogP contribution >= 0.6 is 0 Å². The summed E-state index contributed by atoms with van der Waals surface area (Å²) in [5, 5.41) is 14.7. The average Bonchev–Trinajstić information content (AvgIpc) is 3.47. The topological polar surface area (TPSA) is 133 Å². The van der Waals surface area contributed by atoms with E-state index in [0.29, 0.717) is 5.69 Å². The maximum Gasteiger partial charge on any atom is 0.407 e. The molecule has 1 saturated carbocycles. The summed E-state index contributed by atoms with van der Waals surface area (Å²) in [6.45, 7) is 0.109. The molecule has 2 aliphatic rings. The van der Waals surface area contributed by atoms with Gasteiger partial charge in [0.05, 0.1) is 6.33 Å². The number of amides is 2. The highest BCUT2D eigenvalue weighted by atomic mass is 16.5. The van der Waals surface area contributed by atoms with Crippen molar-refractivity contribution in [2.24, 2.45) is 5.92 Å². The summed E-state index contributed by atoms with van der Waals surface area (Å²) in [6, 6.07) is 14.0. The van der Waals surface area contributed by atoms with E-state index in [1.165, 1.54) is 6.33 Å². The monoisotopic (exact) mass is 474 g/mol. The number of aromatic nitrogens is 2. The number of hydrogen-bond acceptors (Lipinski definition) is 5. The lowest BCUT2D eigenvalue weighted by Gasteiger charge is -2.21.